The maximum Gasteiger partial charge on any atom is 0.310 e. The zero-order valence-electron chi connectivity index (χ0n) is 13.5. The van der Waals surface area contributed by atoms with Crippen molar-refractivity contribution in [3.05, 3.63) is 30.0 Å². The van der Waals surface area contributed by atoms with E-state index in [2.05, 4.69) is 5.32 Å². The lowest BCUT2D eigenvalue weighted by molar-refractivity contribution is -0.147. The van der Waals surface area contributed by atoms with Gasteiger partial charge in [0, 0.05) is 23.6 Å². The fourth-order valence-electron chi connectivity index (χ4n) is 2.05. The summed E-state index contributed by atoms with van der Waals surface area (Å²) in [6.07, 6.45) is 1.57. The Balaban J connectivity index is 1.89. The molecule has 1 heterocycles. The van der Waals surface area contributed by atoms with Crippen LogP contribution in [0.2, 0.25) is 0 Å². The lowest BCUT2D eigenvalue weighted by Crippen LogP contribution is -2.31. The van der Waals surface area contributed by atoms with E-state index in [9.17, 15) is 9.59 Å². The Bertz CT molecular complexity index is 689. The average molecular weight is 319 g/mol. The van der Waals surface area contributed by atoms with Crippen LogP contribution in [-0.2, 0) is 20.7 Å². The van der Waals surface area contributed by atoms with E-state index in [1.165, 1.54) is 6.26 Å². The minimum absolute atomic E-state index is 0.0524. The molecule has 124 valence electrons. The Labute approximate surface area is 134 Å². The van der Waals surface area contributed by atoms with Crippen molar-refractivity contribution in [2.75, 3.05) is 20.3 Å². The molecular formula is C17H21NO5. The number of hydrogen-bond donors (Lipinski definition) is 1. The van der Waals surface area contributed by atoms with Crippen molar-refractivity contribution in [3.8, 4) is 5.75 Å². The Morgan fingerprint density at radius 2 is 2.09 bits per heavy atom. The molecule has 1 N–H and O–H groups in total. The zero-order valence-corrected chi connectivity index (χ0v) is 13.5. The van der Waals surface area contributed by atoms with Crippen LogP contribution in [0.25, 0.3) is 11.0 Å². The molecule has 2 rings (SSSR count). The second kappa shape index (κ2) is 7.67. The van der Waals surface area contributed by atoms with E-state index in [-0.39, 0.29) is 18.9 Å². The third-order valence-corrected chi connectivity index (χ3v) is 3.27. The number of furan rings is 1. The quantitative estimate of drug-likeness (QED) is 0.792. The number of ether oxygens (including phenoxy) is 2. The topological polar surface area (TPSA) is 77.8 Å². The molecule has 0 fully saturated rings. The number of carbonyl (C=O) groups excluding carboxylic acids is 2. The van der Waals surface area contributed by atoms with Gasteiger partial charge in [-0.05, 0) is 18.1 Å². The number of esters is 1. The molecule has 0 atom stereocenters. The van der Waals surface area contributed by atoms with E-state index in [1.807, 2.05) is 19.9 Å². The summed E-state index contributed by atoms with van der Waals surface area (Å²) < 4.78 is 15.5. The third kappa shape index (κ3) is 4.74. The highest BCUT2D eigenvalue weighted by atomic mass is 16.5. The van der Waals surface area contributed by atoms with Gasteiger partial charge in [0.15, 0.2) is 6.61 Å². The minimum Gasteiger partial charge on any atom is -0.497 e. The second-order valence-corrected chi connectivity index (χ2v) is 5.66. The molecule has 1 amide bonds. The van der Waals surface area contributed by atoms with Crippen molar-refractivity contribution in [1.82, 2.24) is 5.32 Å². The number of amides is 1. The van der Waals surface area contributed by atoms with Crippen molar-refractivity contribution >= 4 is 22.8 Å². The van der Waals surface area contributed by atoms with Crippen LogP contribution >= 0.6 is 0 Å². The van der Waals surface area contributed by atoms with Gasteiger partial charge in [0.05, 0.1) is 19.8 Å². The van der Waals surface area contributed by atoms with Gasteiger partial charge in [0.1, 0.15) is 11.3 Å². The highest BCUT2D eigenvalue weighted by Gasteiger charge is 2.13. The SMILES string of the molecule is COc1ccc2c(CC(=O)OCC(=O)NCC(C)C)coc2c1. The molecule has 0 saturated carbocycles. The highest BCUT2D eigenvalue weighted by Crippen LogP contribution is 2.25. The van der Waals surface area contributed by atoms with Crippen molar-refractivity contribution < 1.29 is 23.5 Å². The summed E-state index contributed by atoms with van der Waals surface area (Å²) in [4.78, 5) is 23.4. The van der Waals surface area contributed by atoms with E-state index in [1.54, 1.807) is 19.2 Å². The molecule has 23 heavy (non-hydrogen) atoms. The van der Waals surface area contributed by atoms with Crippen LogP contribution in [0.15, 0.2) is 28.9 Å². The van der Waals surface area contributed by atoms with Gasteiger partial charge in [-0.15, -0.1) is 0 Å². The molecule has 0 aliphatic carbocycles. The molecule has 0 spiro atoms. The first-order chi connectivity index (χ1) is 11.0. The van der Waals surface area contributed by atoms with Gasteiger partial charge < -0.3 is 19.2 Å². The molecule has 6 heteroatoms. The summed E-state index contributed by atoms with van der Waals surface area (Å²) in [7, 11) is 1.58. The first-order valence-corrected chi connectivity index (χ1v) is 7.46. The monoisotopic (exact) mass is 319 g/mol. The maximum atomic E-state index is 11.9. The summed E-state index contributed by atoms with van der Waals surface area (Å²) >= 11 is 0. The molecule has 0 aliphatic rings. The predicted octanol–water partition coefficient (Wildman–Crippen LogP) is 2.30. The molecule has 0 bridgehead atoms. The Morgan fingerprint density at radius 3 is 2.78 bits per heavy atom. The molecule has 0 saturated heterocycles. The summed E-state index contributed by atoms with van der Waals surface area (Å²) in [5.74, 6) is 0.267. The van der Waals surface area contributed by atoms with Crippen LogP contribution in [0.5, 0.6) is 5.75 Å². The summed E-state index contributed by atoms with van der Waals surface area (Å²) in [5, 5.41) is 3.52. The van der Waals surface area contributed by atoms with Crippen LogP contribution in [-0.4, -0.2) is 32.1 Å². The number of fused-ring (bicyclic) bond motifs is 1. The molecule has 0 aliphatic heterocycles. The zero-order chi connectivity index (χ0) is 16.8. The van der Waals surface area contributed by atoms with Crippen LogP contribution in [0, 0.1) is 5.92 Å². The number of methoxy groups -OCH3 is 1. The molecule has 2 aromatic rings. The Hall–Kier alpha value is -2.50. The van der Waals surface area contributed by atoms with Crippen molar-refractivity contribution in [2.24, 2.45) is 5.92 Å². The van der Waals surface area contributed by atoms with E-state index in [0.717, 1.165) is 10.9 Å². The van der Waals surface area contributed by atoms with Crippen molar-refractivity contribution in [3.63, 3.8) is 0 Å². The van der Waals surface area contributed by atoms with E-state index in [0.29, 0.717) is 23.8 Å². The second-order valence-electron chi connectivity index (χ2n) is 5.66. The van der Waals surface area contributed by atoms with Crippen LogP contribution in [0.4, 0.5) is 0 Å². The Kier molecular flexibility index (Phi) is 5.62. The first kappa shape index (κ1) is 16.9. The lowest BCUT2D eigenvalue weighted by Gasteiger charge is -2.08. The molecule has 1 aromatic heterocycles. The van der Waals surface area contributed by atoms with Crippen molar-refractivity contribution in [2.45, 2.75) is 20.3 Å². The smallest absolute Gasteiger partial charge is 0.310 e. The number of rotatable bonds is 7. The molecule has 1 aromatic carbocycles. The van der Waals surface area contributed by atoms with Crippen LogP contribution in [0.3, 0.4) is 0 Å². The number of carbonyl (C=O) groups is 2. The van der Waals surface area contributed by atoms with E-state index < -0.39 is 5.97 Å². The normalized spacial score (nSPS) is 10.8. The van der Waals surface area contributed by atoms with E-state index >= 15 is 0 Å². The van der Waals surface area contributed by atoms with Crippen molar-refractivity contribution in [1.29, 1.82) is 0 Å². The largest absolute Gasteiger partial charge is 0.497 e. The highest BCUT2D eigenvalue weighted by molar-refractivity contribution is 5.87. The fraction of sp³-hybridized carbons (Fsp3) is 0.412. The van der Waals surface area contributed by atoms with Gasteiger partial charge >= 0.3 is 5.97 Å². The number of hydrogen-bond acceptors (Lipinski definition) is 5. The van der Waals surface area contributed by atoms with Crippen LogP contribution < -0.4 is 10.1 Å². The molecule has 6 nitrogen and oxygen atoms in total. The first-order valence-electron chi connectivity index (χ1n) is 7.46. The predicted molar refractivity (Wildman–Crippen MR) is 85.3 cm³/mol. The van der Waals surface area contributed by atoms with Gasteiger partial charge in [0.25, 0.3) is 5.91 Å². The summed E-state index contributed by atoms with van der Waals surface area (Å²) in [5.41, 5.74) is 1.36. The minimum atomic E-state index is -0.469. The summed E-state index contributed by atoms with van der Waals surface area (Å²) in [6.45, 7) is 4.27. The third-order valence-electron chi connectivity index (χ3n) is 3.27. The van der Waals surface area contributed by atoms with Crippen LogP contribution in [0.1, 0.15) is 19.4 Å². The van der Waals surface area contributed by atoms with Gasteiger partial charge in [-0.3, -0.25) is 9.59 Å². The molecular weight excluding hydrogens is 298 g/mol. The number of nitrogens with one attached hydrogen (secondary N) is 1. The average Bonchev–Trinajstić information content (AvgIpc) is 2.93. The van der Waals surface area contributed by atoms with Gasteiger partial charge in [0.2, 0.25) is 0 Å². The Morgan fingerprint density at radius 1 is 1.30 bits per heavy atom. The van der Waals surface area contributed by atoms with Gasteiger partial charge in [-0.2, -0.15) is 0 Å². The standard InChI is InChI=1S/C17H21NO5/c1-11(2)8-18-16(19)10-23-17(20)6-12-9-22-15-7-13(21-3)4-5-14(12)15/h4-5,7,9,11H,6,8,10H2,1-3H3,(H,18,19). The summed E-state index contributed by atoms with van der Waals surface area (Å²) in [6, 6.07) is 5.38. The number of benzene rings is 1. The molecule has 0 radical (unpaired) electrons. The lowest BCUT2D eigenvalue weighted by atomic mass is 10.1. The molecule has 0 unspecified atom stereocenters. The fourth-order valence-corrected chi connectivity index (χ4v) is 2.05. The van der Waals surface area contributed by atoms with Gasteiger partial charge in [-0.25, -0.2) is 0 Å². The maximum absolute atomic E-state index is 11.9. The van der Waals surface area contributed by atoms with Gasteiger partial charge in [-0.1, -0.05) is 13.8 Å². The van der Waals surface area contributed by atoms with E-state index in [4.69, 9.17) is 13.9 Å².